The van der Waals surface area contributed by atoms with Crippen molar-refractivity contribution in [2.24, 2.45) is 0 Å². The summed E-state index contributed by atoms with van der Waals surface area (Å²) < 4.78 is 22.6. The molecular formula is C12H15FO3. The molecule has 3 nitrogen and oxygen atoms in total. The van der Waals surface area contributed by atoms with Crippen LogP contribution in [0.4, 0.5) is 4.39 Å². The molecule has 0 aliphatic heterocycles. The second-order valence-corrected chi connectivity index (χ2v) is 3.22. The second-order valence-electron chi connectivity index (χ2n) is 3.22. The molecule has 0 saturated carbocycles. The molecule has 1 aromatic carbocycles. The largest absolute Gasteiger partial charge is 0.466 e. The third-order valence-corrected chi connectivity index (χ3v) is 1.91. The smallest absolute Gasteiger partial charge is 0.311 e. The fourth-order valence-electron chi connectivity index (χ4n) is 1.17. The van der Waals surface area contributed by atoms with Crippen molar-refractivity contribution in [3.05, 3.63) is 35.9 Å². The van der Waals surface area contributed by atoms with Crippen LogP contribution in [0, 0.1) is 0 Å². The van der Waals surface area contributed by atoms with Gasteiger partial charge in [0.05, 0.1) is 13.2 Å². The van der Waals surface area contributed by atoms with Gasteiger partial charge in [0.25, 0.3) is 0 Å². The number of benzene rings is 1. The number of alkyl halides is 1. The van der Waals surface area contributed by atoms with Gasteiger partial charge in [-0.3, -0.25) is 4.79 Å². The zero-order chi connectivity index (χ0) is 11.8. The van der Waals surface area contributed by atoms with Crippen molar-refractivity contribution >= 4 is 5.97 Å². The maximum absolute atomic E-state index is 13.1. The minimum absolute atomic E-state index is 0.154. The monoisotopic (exact) mass is 226 g/mol. The minimum Gasteiger partial charge on any atom is -0.466 e. The molecular weight excluding hydrogens is 211 g/mol. The molecule has 1 rings (SSSR count). The highest BCUT2D eigenvalue weighted by Gasteiger charge is 2.13. The highest BCUT2D eigenvalue weighted by Crippen LogP contribution is 2.07. The number of rotatable bonds is 6. The maximum atomic E-state index is 13.1. The van der Waals surface area contributed by atoms with Crippen molar-refractivity contribution in [3.8, 4) is 0 Å². The molecule has 0 spiro atoms. The van der Waals surface area contributed by atoms with E-state index in [1.54, 1.807) is 6.92 Å². The maximum Gasteiger partial charge on any atom is 0.311 e. The molecule has 88 valence electrons. The van der Waals surface area contributed by atoms with E-state index in [-0.39, 0.29) is 19.6 Å². The molecule has 0 bridgehead atoms. The number of halogens is 1. The topological polar surface area (TPSA) is 35.5 Å². The van der Waals surface area contributed by atoms with E-state index >= 15 is 0 Å². The van der Waals surface area contributed by atoms with Crippen molar-refractivity contribution < 1.29 is 18.7 Å². The first kappa shape index (κ1) is 12.6. The summed E-state index contributed by atoms with van der Waals surface area (Å²) in [5, 5.41) is 0. The fraction of sp³-hybridized carbons (Fsp3) is 0.417. The Labute approximate surface area is 94.2 Å². The van der Waals surface area contributed by atoms with Gasteiger partial charge in [-0.2, -0.15) is 0 Å². The lowest BCUT2D eigenvalue weighted by Gasteiger charge is -2.09. The first-order chi connectivity index (χ1) is 7.72. The van der Waals surface area contributed by atoms with Gasteiger partial charge in [-0.05, 0) is 12.5 Å². The minimum atomic E-state index is -1.61. The molecule has 1 unspecified atom stereocenters. The number of ether oxygens (including phenoxy) is 2. The van der Waals surface area contributed by atoms with Crippen LogP contribution in [0.3, 0.4) is 0 Å². The number of hydrogen-bond acceptors (Lipinski definition) is 3. The summed E-state index contributed by atoms with van der Waals surface area (Å²) in [6.07, 6.45) is -1.97. The quantitative estimate of drug-likeness (QED) is 0.699. The van der Waals surface area contributed by atoms with Crippen molar-refractivity contribution in [2.45, 2.75) is 26.3 Å². The number of carbonyl (C=O) groups excluding carboxylic acids is 1. The van der Waals surface area contributed by atoms with E-state index in [1.165, 1.54) is 0 Å². The van der Waals surface area contributed by atoms with Crippen LogP contribution >= 0.6 is 0 Å². The van der Waals surface area contributed by atoms with Crippen LogP contribution in [0.2, 0.25) is 0 Å². The van der Waals surface area contributed by atoms with Crippen LogP contribution in [0.1, 0.15) is 18.9 Å². The molecule has 0 amide bonds. The second kappa shape index (κ2) is 6.95. The molecule has 4 heteroatoms. The van der Waals surface area contributed by atoms with Crippen LogP contribution in [0.5, 0.6) is 0 Å². The van der Waals surface area contributed by atoms with Gasteiger partial charge in [-0.25, -0.2) is 4.39 Å². The molecule has 0 fully saturated rings. The standard InChI is InChI=1S/C12H15FO3/c1-2-15-12(14)8-11(13)16-9-10-6-4-3-5-7-10/h3-7,11H,2,8-9H2,1H3. The molecule has 0 heterocycles. The van der Waals surface area contributed by atoms with E-state index in [4.69, 9.17) is 4.74 Å². The van der Waals surface area contributed by atoms with Crippen LogP contribution in [-0.2, 0) is 20.9 Å². The highest BCUT2D eigenvalue weighted by atomic mass is 19.1. The number of esters is 1. The number of hydrogen-bond donors (Lipinski definition) is 0. The molecule has 0 aliphatic carbocycles. The SMILES string of the molecule is CCOC(=O)CC(F)OCc1ccccc1. The molecule has 0 saturated heterocycles. The van der Waals surface area contributed by atoms with E-state index in [9.17, 15) is 9.18 Å². The molecule has 0 aliphatic rings. The van der Waals surface area contributed by atoms with Gasteiger partial charge in [0, 0.05) is 0 Å². The average molecular weight is 226 g/mol. The Hall–Kier alpha value is -1.42. The summed E-state index contributed by atoms with van der Waals surface area (Å²) in [5.41, 5.74) is 0.869. The van der Waals surface area contributed by atoms with E-state index in [0.717, 1.165) is 5.56 Å². The van der Waals surface area contributed by atoms with Crippen LogP contribution < -0.4 is 0 Å². The Kier molecular flexibility index (Phi) is 5.50. The van der Waals surface area contributed by atoms with Crippen LogP contribution in [0.15, 0.2) is 30.3 Å². The zero-order valence-electron chi connectivity index (χ0n) is 9.19. The Bertz CT molecular complexity index is 313. The molecule has 1 atom stereocenters. The summed E-state index contributed by atoms with van der Waals surface area (Å²) in [4.78, 5) is 10.9. The first-order valence-electron chi connectivity index (χ1n) is 5.17. The van der Waals surface area contributed by atoms with Crippen LogP contribution in [0.25, 0.3) is 0 Å². The summed E-state index contributed by atoms with van der Waals surface area (Å²) in [6, 6.07) is 9.22. The van der Waals surface area contributed by atoms with E-state index in [2.05, 4.69) is 4.74 Å². The lowest BCUT2D eigenvalue weighted by molar-refractivity contribution is -0.151. The van der Waals surface area contributed by atoms with Gasteiger partial charge in [0.15, 0.2) is 0 Å². The van der Waals surface area contributed by atoms with Gasteiger partial charge in [0.1, 0.15) is 6.42 Å². The Balaban J connectivity index is 2.25. The van der Waals surface area contributed by atoms with Crippen molar-refractivity contribution in [1.82, 2.24) is 0 Å². The highest BCUT2D eigenvalue weighted by molar-refractivity contribution is 5.69. The van der Waals surface area contributed by atoms with E-state index in [1.807, 2.05) is 30.3 Å². The third-order valence-electron chi connectivity index (χ3n) is 1.91. The molecule has 0 aromatic heterocycles. The third kappa shape index (κ3) is 4.89. The molecule has 1 aromatic rings. The fourth-order valence-corrected chi connectivity index (χ4v) is 1.17. The molecule has 16 heavy (non-hydrogen) atoms. The summed E-state index contributed by atoms with van der Waals surface area (Å²) in [5.74, 6) is -0.580. The van der Waals surface area contributed by atoms with Crippen molar-refractivity contribution in [1.29, 1.82) is 0 Å². The van der Waals surface area contributed by atoms with Gasteiger partial charge in [0.2, 0.25) is 6.36 Å². The van der Waals surface area contributed by atoms with Gasteiger partial charge < -0.3 is 9.47 Å². The normalized spacial score (nSPS) is 12.1. The predicted molar refractivity (Wildman–Crippen MR) is 57.4 cm³/mol. The van der Waals surface area contributed by atoms with Gasteiger partial charge in [-0.1, -0.05) is 30.3 Å². The summed E-state index contributed by atoms with van der Waals surface area (Å²) in [7, 11) is 0. The Morgan fingerprint density at radius 1 is 1.38 bits per heavy atom. The lowest BCUT2D eigenvalue weighted by Crippen LogP contribution is -2.15. The van der Waals surface area contributed by atoms with Crippen molar-refractivity contribution in [2.75, 3.05) is 6.61 Å². The van der Waals surface area contributed by atoms with Gasteiger partial charge >= 0.3 is 5.97 Å². The molecule has 0 radical (unpaired) electrons. The number of carbonyl (C=O) groups is 1. The van der Waals surface area contributed by atoms with Gasteiger partial charge in [-0.15, -0.1) is 0 Å². The van der Waals surface area contributed by atoms with E-state index in [0.29, 0.717) is 0 Å². The lowest BCUT2D eigenvalue weighted by atomic mass is 10.2. The first-order valence-corrected chi connectivity index (χ1v) is 5.17. The van der Waals surface area contributed by atoms with Crippen LogP contribution in [-0.4, -0.2) is 18.9 Å². The molecule has 0 N–H and O–H groups in total. The average Bonchev–Trinajstić information content (AvgIpc) is 2.28. The summed E-state index contributed by atoms with van der Waals surface area (Å²) >= 11 is 0. The Morgan fingerprint density at radius 3 is 2.69 bits per heavy atom. The van der Waals surface area contributed by atoms with E-state index < -0.39 is 12.3 Å². The van der Waals surface area contributed by atoms with Crippen molar-refractivity contribution in [3.63, 3.8) is 0 Å². The Morgan fingerprint density at radius 2 is 2.06 bits per heavy atom. The summed E-state index contributed by atoms with van der Waals surface area (Å²) in [6.45, 7) is 2.08. The predicted octanol–water partition coefficient (Wildman–Crippen LogP) is 2.45. The zero-order valence-corrected chi connectivity index (χ0v) is 9.19.